The van der Waals surface area contributed by atoms with Crippen LogP contribution < -0.4 is 0 Å². The number of fused-ring (bicyclic) bond motifs is 2. The Hall–Kier alpha value is -1.86. The minimum Gasteiger partial charge on any atom is -0.486 e. The second-order valence-corrected chi connectivity index (χ2v) is 8.89. The Morgan fingerprint density at radius 2 is 2.03 bits per heavy atom. The van der Waals surface area contributed by atoms with Crippen molar-refractivity contribution in [2.75, 3.05) is 19.8 Å². The molecule has 3 aliphatic rings. The third-order valence-corrected chi connectivity index (χ3v) is 6.96. The monoisotopic (exact) mass is 436 g/mol. The fourth-order valence-electron chi connectivity index (χ4n) is 5.45. The summed E-state index contributed by atoms with van der Waals surface area (Å²) in [5, 5.41) is 19.1. The van der Waals surface area contributed by atoms with Crippen LogP contribution in [0.3, 0.4) is 0 Å². The number of carboxylic acid groups (broad SMARTS) is 1. The molecule has 0 bridgehead atoms. The van der Waals surface area contributed by atoms with Crippen LogP contribution in [0.25, 0.3) is 0 Å². The van der Waals surface area contributed by atoms with E-state index in [4.69, 9.17) is 19.3 Å². The number of esters is 1. The van der Waals surface area contributed by atoms with E-state index in [1.807, 2.05) is 13.8 Å². The molecule has 174 valence electrons. The minimum atomic E-state index is -0.963. The molecule has 0 heterocycles. The first-order valence-corrected chi connectivity index (χ1v) is 11.6. The highest BCUT2D eigenvalue weighted by atomic mass is 16.6. The van der Waals surface area contributed by atoms with E-state index in [-0.39, 0.29) is 37.3 Å². The Balaban J connectivity index is 1.75. The molecule has 3 rings (SSSR count). The van der Waals surface area contributed by atoms with Gasteiger partial charge in [-0.25, -0.2) is 9.59 Å². The third kappa shape index (κ3) is 6.10. The van der Waals surface area contributed by atoms with Gasteiger partial charge >= 0.3 is 11.9 Å². The molecule has 2 N–H and O–H groups in total. The van der Waals surface area contributed by atoms with Crippen molar-refractivity contribution in [2.45, 2.75) is 77.4 Å². The van der Waals surface area contributed by atoms with Crippen LogP contribution in [0.4, 0.5) is 0 Å². The third-order valence-electron chi connectivity index (χ3n) is 6.96. The Bertz CT molecular complexity index is 711. The smallest absolute Gasteiger partial charge is 0.341 e. The molecular formula is C24H36O7. The minimum absolute atomic E-state index is 0.0316. The summed E-state index contributed by atoms with van der Waals surface area (Å²) in [6.07, 6.45) is 8.13. The van der Waals surface area contributed by atoms with Gasteiger partial charge in [-0.3, -0.25) is 0 Å². The molecule has 0 aliphatic heterocycles. The lowest BCUT2D eigenvalue weighted by molar-refractivity contribution is -0.156. The molecule has 31 heavy (non-hydrogen) atoms. The standard InChI is InChI=1S/C24H36O7/c1-3-17(25)8-9-18-19-10-15-6-5-7-21(30-13-23(26)27)20(15)11-16(19)12-22(18)31-24(28)14-29-4-2/h6,16-19,22,25H,3-5,7-14H2,1-2H3,(H,26,27)/t16-,17?,18+,19-,22+/m0/s1. The second-order valence-electron chi connectivity index (χ2n) is 8.89. The van der Waals surface area contributed by atoms with Crippen LogP contribution in [0, 0.1) is 17.8 Å². The molecule has 2 fully saturated rings. The first-order chi connectivity index (χ1) is 14.9. The molecule has 0 aromatic heterocycles. The number of aliphatic carboxylic acids is 1. The average Bonchev–Trinajstić information content (AvgIpc) is 3.08. The molecular weight excluding hydrogens is 400 g/mol. The molecule has 0 radical (unpaired) electrons. The van der Waals surface area contributed by atoms with Crippen LogP contribution in [-0.4, -0.2) is 54.2 Å². The highest BCUT2D eigenvalue weighted by Crippen LogP contribution is 2.53. The normalized spacial score (nSPS) is 28.4. The largest absolute Gasteiger partial charge is 0.486 e. The number of hydrogen-bond donors (Lipinski definition) is 2. The Morgan fingerprint density at radius 1 is 1.23 bits per heavy atom. The molecule has 0 saturated heterocycles. The van der Waals surface area contributed by atoms with E-state index in [2.05, 4.69) is 6.08 Å². The summed E-state index contributed by atoms with van der Waals surface area (Å²) in [5.41, 5.74) is 2.41. The quantitative estimate of drug-likeness (QED) is 0.477. The van der Waals surface area contributed by atoms with Gasteiger partial charge in [-0.1, -0.05) is 13.0 Å². The van der Waals surface area contributed by atoms with E-state index in [0.29, 0.717) is 24.9 Å². The van der Waals surface area contributed by atoms with Gasteiger partial charge in [0.05, 0.1) is 6.10 Å². The number of carboxylic acids is 1. The van der Waals surface area contributed by atoms with Gasteiger partial charge in [0.1, 0.15) is 18.5 Å². The molecule has 7 heteroatoms. The highest BCUT2D eigenvalue weighted by molar-refractivity contribution is 5.71. The lowest BCUT2D eigenvalue weighted by atomic mass is 9.70. The zero-order valence-corrected chi connectivity index (χ0v) is 18.7. The molecule has 1 unspecified atom stereocenters. The summed E-state index contributed by atoms with van der Waals surface area (Å²) in [4.78, 5) is 23.2. The molecule has 3 aliphatic carbocycles. The first-order valence-electron chi connectivity index (χ1n) is 11.6. The van der Waals surface area contributed by atoms with Crippen molar-refractivity contribution in [1.29, 1.82) is 0 Å². The van der Waals surface area contributed by atoms with E-state index >= 15 is 0 Å². The number of hydrogen-bond acceptors (Lipinski definition) is 6. The maximum Gasteiger partial charge on any atom is 0.341 e. The maximum absolute atomic E-state index is 12.3. The van der Waals surface area contributed by atoms with Crippen LogP contribution in [0.5, 0.6) is 0 Å². The summed E-state index contributed by atoms with van der Waals surface area (Å²) in [7, 11) is 0. The van der Waals surface area contributed by atoms with Gasteiger partial charge in [-0.15, -0.1) is 0 Å². The van der Waals surface area contributed by atoms with Gasteiger partial charge in [0.15, 0.2) is 6.61 Å². The van der Waals surface area contributed by atoms with Crippen LogP contribution in [0.2, 0.25) is 0 Å². The van der Waals surface area contributed by atoms with Crippen molar-refractivity contribution in [3.63, 3.8) is 0 Å². The van der Waals surface area contributed by atoms with Crippen molar-refractivity contribution in [3.05, 3.63) is 23.0 Å². The van der Waals surface area contributed by atoms with Crippen molar-refractivity contribution in [1.82, 2.24) is 0 Å². The molecule has 7 nitrogen and oxygen atoms in total. The van der Waals surface area contributed by atoms with Crippen molar-refractivity contribution < 1.29 is 34.0 Å². The van der Waals surface area contributed by atoms with E-state index in [9.17, 15) is 14.7 Å². The van der Waals surface area contributed by atoms with Crippen LogP contribution in [-0.2, 0) is 23.8 Å². The summed E-state index contributed by atoms with van der Waals surface area (Å²) in [6.45, 7) is 3.95. The van der Waals surface area contributed by atoms with Crippen LogP contribution in [0.15, 0.2) is 23.0 Å². The molecule has 0 aromatic rings. The number of aliphatic hydroxyl groups is 1. The van der Waals surface area contributed by atoms with E-state index in [1.54, 1.807) is 0 Å². The van der Waals surface area contributed by atoms with Gasteiger partial charge in [0, 0.05) is 13.0 Å². The van der Waals surface area contributed by atoms with Gasteiger partial charge in [0.2, 0.25) is 0 Å². The average molecular weight is 437 g/mol. The number of allylic oxidation sites excluding steroid dienone is 4. The molecule has 2 saturated carbocycles. The fraction of sp³-hybridized carbons (Fsp3) is 0.750. The second kappa shape index (κ2) is 11.1. The summed E-state index contributed by atoms with van der Waals surface area (Å²) in [6, 6.07) is 0. The maximum atomic E-state index is 12.3. The van der Waals surface area contributed by atoms with E-state index < -0.39 is 5.97 Å². The predicted molar refractivity (Wildman–Crippen MR) is 114 cm³/mol. The first kappa shape index (κ1) is 23.8. The lowest BCUT2D eigenvalue weighted by Crippen LogP contribution is -2.29. The van der Waals surface area contributed by atoms with Gasteiger partial charge in [-0.05, 0) is 80.8 Å². The zero-order valence-electron chi connectivity index (χ0n) is 18.7. The van der Waals surface area contributed by atoms with Crippen LogP contribution >= 0.6 is 0 Å². The summed E-state index contributed by atoms with van der Waals surface area (Å²) >= 11 is 0. The van der Waals surface area contributed by atoms with E-state index in [0.717, 1.165) is 56.3 Å². The van der Waals surface area contributed by atoms with Crippen LogP contribution in [0.1, 0.15) is 65.2 Å². The Morgan fingerprint density at radius 3 is 2.74 bits per heavy atom. The molecule has 0 aromatic carbocycles. The van der Waals surface area contributed by atoms with Crippen molar-refractivity contribution >= 4 is 11.9 Å². The number of rotatable bonds is 11. The number of carbonyl (C=O) groups is 2. The zero-order chi connectivity index (χ0) is 22.4. The summed E-state index contributed by atoms with van der Waals surface area (Å²) < 4.78 is 16.7. The van der Waals surface area contributed by atoms with Gasteiger partial charge in [-0.2, -0.15) is 0 Å². The van der Waals surface area contributed by atoms with Gasteiger partial charge in [0.25, 0.3) is 0 Å². The Kier molecular flexibility index (Phi) is 8.55. The SMILES string of the molecule is CCOCC(=O)O[C@@H]1C[C@@H]2CC3=C(OCC(=O)O)CCC=C3C[C@@H]2[C@H]1CCC(O)CC. The van der Waals surface area contributed by atoms with Gasteiger partial charge < -0.3 is 24.4 Å². The number of ether oxygens (including phenoxy) is 3. The van der Waals surface area contributed by atoms with Crippen molar-refractivity contribution in [3.8, 4) is 0 Å². The van der Waals surface area contributed by atoms with Crippen molar-refractivity contribution in [2.24, 2.45) is 17.8 Å². The molecule has 0 amide bonds. The lowest BCUT2D eigenvalue weighted by Gasteiger charge is -2.36. The number of carbonyl (C=O) groups excluding carboxylic acids is 1. The molecule has 5 atom stereocenters. The highest BCUT2D eigenvalue weighted by Gasteiger charge is 2.48. The number of aliphatic hydroxyl groups excluding tert-OH is 1. The Labute approximate surface area is 184 Å². The van der Waals surface area contributed by atoms with E-state index in [1.165, 1.54) is 5.57 Å². The fourth-order valence-corrected chi connectivity index (χ4v) is 5.45. The molecule has 0 spiro atoms. The topological polar surface area (TPSA) is 102 Å². The summed E-state index contributed by atoms with van der Waals surface area (Å²) in [5.74, 6) is 0.491. The predicted octanol–water partition coefficient (Wildman–Crippen LogP) is 3.61.